The van der Waals surface area contributed by atoms with Crippen LogP contribution in [0.2, 0.25) is 0 Å². The number of urea groups is 1. The van der Waals surface area contributed by atoms with E-state index in [0.717, 1.165) is 31.2 Å². The molecule has 0 bridgehead atoms. The highest BCUT2D eigenvalue weighted by atomic mass is 16.5. The van der Waals surface area contributed by atoms with E-state index >= 15 is 0 Å². The van der Waals surface area contributed by atoms with Crippen LogP contribution in [-0.4, -0.2) is 39.9 Å². The summed E-state index contributed by atoms with van der Waals surface area (Å²) in [4.78, 5) is 27.5. The Morgan fingerprint density at radius 3 is 2.74 bits per heavy atom. The minimum atomic E-state index is -0.211. The highest BCUT2D eigenvalue weighted by molar-refractivity contribution is 5.73. The molecule has 8 heteroatoms. The third-order valence-corrected chi connectivity index (χ3v) is 3.93. The van der Waals surface area contributed by atoms with E-state index in [1.807, 2.05) is 24.4 Å². The van der Waals surface area contributed by atoms with Crippen LogP contribution < -0.4 is 10.6 Å². The maximum Gasteiger partial charge on any atom is 0.315 e. The van der Waals surface area contributed by atoms with E-state index in [2.05, 4.69) is 20.7 Å². The van der Waals surface area contributed by atoms with Gasteiger partial charge in [0.1, 0.15) is 0 Å². The number of hydrogen-bond donors (Lipinski definition) is 2. The standard InChI is InChI=1S/C19H27N5O3/c1-2-27-17(25)10-5-3-4-6-11-21-19(26)22-15-16-9-7-12-20-18(16)24-14-8-13-23-24/h7-9,12-14H,2-6,10-11,15H2,1H3,(H2,21,22,26). The first-order valence-electron chi connectivity index (χ1n) is 9.32. The maximum atomic E-state index is 11.9. The van der Waals surface area contributed by atoms with Crippen molar-refractivity contribution >= 4 is 12.0 Å². The van der Waals surface area contributed by atoms with E-state index in [9.17, 15) is 9.59 Å². The first-order chi connectivity index (χ1) is 13.2. The van der Waals surface area contributed by atoms with Crippen LogP contribution in [0, 0.1) is 0 Å². The fraction of sp³-hybridized carbons (Fsp3) is 0.474. The molecule has 2 heterocycles. The van der Waals surface area contributed by atoms with Gasteiger partial charge < -0.3 is 15.4 Å². The van der Waals surface area contributed by atoms with Gasteiger partial charge in [0.2, 0.25) is 0 Å². The van der Waals surface area contributed by atoms with Gasteiger partial charge in [0, 0.05) is 43.7 Å². The van der Waals surface area contributed by atoms with Crippen molar-refractivity contribution in [2.45, 2.75) is 45.6 Å². The molecular weight excluding hydrogens is 346 g/mol. The average Bonchev–Trinajstić information content (AvgIpc) is 3.20. The van der Waals surface area contributed by atoms with Crippen molar-refractivity contribution in [2.24, 2.45) is 0 Å². The summed E-state index contributed by atoms with van der Waals surface area (Å²) in [6, 6.07) is 5.36. The van der Waals surface area contributed by atoms with E-state index in [-0.39, 0.29) is 12.0 Å². The van der Waals surface area contributed by atoms with Crippen LogP contribution in [0.5, 0.6) is 0 Å². The number of rotatable bonds is 11. The number of hydrogen-bond acceptors (Lipinski definition) is 5. The van der Waals surface area contributed by atoms with Gasteiger partial charge in [0.05, 0.1) is 6.61 Å². The first kappa shape index (κ1) is 20.4. The number of amides is 2. The summed E-state index contributed by atoms with van der Waals surface area (Å²) in [5.74, 6) is 0.560. The maximum absolute atomic E-state index is 11.9. The Morgan fingerprint density at radius 2 is 1.96 bits per heavy atom. The van der Waals surface area contributed by atoms with Crippen molar-refractivity contribution in [1.29, 1.82) is 0 Å². The molecule has 146 valence electrons. The molecule has 0 fully saturated rings. The molecule has 2 rings (SSSR count). The number of nitrogens with zero attached hydrogens (tertiary/aromatic N) is 3. The molecule has 2 aromatic rings. The van der Waals surface area contributed by atoms with Gasteiger partial charge in [-0.25, -0.2) is 14.5 Å². The summed E-state index contributed by atoms with van der Waals surface area (Å²) < 4.78 is 6.55. The summed E-state index contributed by atoms with van der Waals surface area (Å²) >= 11 is 0. The van der Waals surface area contributed by atoms with Crippen molar-refractivity contribution in [3.05, 3.63) is 42.4 Å². The van der Waals surface area contributed by atoms with Gasteiger partial charge in [-0.2, -0.15) is 5.10 Å². The Bertz CT molecular complexity index is 703. The lowest BCUT2D eigenvalue weighted by molar-refractivity contribution is -0.143. The van der Waals surface area contributed by atoms with Gasteiger partial charge >= 0.3 is 12.0 Å². The summed E-state index contributed by atoms with van der Waals surface area (Å²) in [7, 11) is 0. The smallest absolute Gasteiger partial charge is 0.315 e. The summed E-state index contributed by atoms with van der Waals surface area (Å²) in [6.45, 7) is 3.21. The highest BCUT2D eigenvalue weighted by Crippen LogP contribution is 2.09. The molecule has 0 aromatic carbocycles. The number of nitrogens with one attached hydrogen (secondary N) is 2. The zero-order valence-corrected chi connectivity index (χ0v) is 15.7. The lowest BCUT2D eigenvalue weighted by Crippen LogP contribution is -2.35. The van der Waals surface area contributed by atoms with Crippen molar-refractivity contribution < 1.29 is 14.3 Å². The van der Waals surface area contributed by atoms with Crippen molar-refractivity contribution in [3.63, 3.8) is 0 Å². The first-order valence-corrected chi connectivity index (χ1v) is 9.32. The molecule has 0 aliphatic rings. The Balaban J connectivity index is 1.60. The molecule has 27 heavy (non-hydrogen) atoms. The number of carbonyl (C=O) groups excluding carboxylic acids is 2. The predicted molar refractivity (Wildman–Crippen MR) is 101 cm³/mol. The number of aromatic nitrogens is 3. The molecule has 0 unspecified atom stereocenters. The third-order valence-electron chi connectivity index (χ3n) is 3.93. The van der Waals surface area contributed by atoms with Gasteiger partial charge in [-0.05, 0) is 31.9 Å². The van der Waals surface area contributed by atoms with Crippen molar-refractivity contribution in [3.8, 4) is 5.82 Å². The van der Waals surface area contributed by atoms with E-state index in [1.165, 1.54) is 0 Å². The molecule has 0 radical (unpaired) electrons. The number of pyridine rings is 1. The summed E-state index contributed by atoms with van der Waals surface area (Å²) in [5.41, 5.74) is 0.885. The fourth-order valence-electron chi connectivity index (χ4n) is 2.59. The average molecular weight is 373 g/mol. The van der Waals surface area contributed by atoms with Crippen LogP contribution in [0.15, 0.2) is 36.8 Å². The molecule has 0 aliphatic heterocycles. The Morgan fingerprint density at radius 1 is 1.11 bits per heavy atom. The fourth-order valence-corrected chi connectivity index (χ4v) is 2.59. The van der Waals surface area contributed by atoms with E-state index < -0.39 is 0 Å². The highest BCUT2D eigenvalue weighted by Gasteiger charge is 2.07. The molecule has 0 spiro atoms. The van der Waals surface area contributed by atoms with Gasteiger partial charge in [0.25, 0.3) is 0 Å². The number of carbonyl (C=O) groups is 2. The van der Waals surface area contributed by atoms with Crippen LogP contribution >= 0.6 is 0 Å². The molecule has 2 N–H and O–H groups in total. The third kappa shape index (κ3) is 7.47. The molecule has 0 atom stereocenters. The second-order valence-electron chi connectivity index (χ2n) is 6.02. The summed E-state index contributed by atoms with van der Waals surface area (Å²) in [5, 5.41) is 9.86. The molecule has 8 nitrogen and oxygen atoms in total. The minimum absolute atomic E-state index is 0.139. The topological polar surface area (TPSA) is 98.1 Å². The lowest BCUT2D eigenvalue weighted by Gasteiger charge is -2.10. The lowest BCUT2D eigenvalue weighted by atomic mass is 10.1. The van der Waals surface area contributed by atoms with E-state index in [0.29, 0.717) is 31.9 Å². The second kappa shape index (κ2) is 11.7. The summed E-state index contributed by atoms with van der Waals surface area (Å²) in [6.07, 6.45) is 9.27. The molecular formula is C19H27N5O3. The molecule has 0 saturated carbocycles. The minimum Gasteiger partial charge on any atom is -0.466 e. The van der Waals surface area contributed by atoms with Crippen molar-refractivity contribution in [2.75, 3.05) is 13.2 Å². The Kier molecular flexibility index (Phi) is 8.82. The van der Waals surface area contributed by atoms with E-state index in [1.54, 1.807) is 24.0 Å². The molecule has 0 saturated heterocycles. The second-order valence-corrected chi connectivity index (χ2v) is 6.02. The van der Waals surface area contributed by atoms with Gasteiger partial charge in [-0.15, -0.1) is 0 Å². The van der Waals surface area contributed by atoms with Crippen LogP contribution in [-0.2, 0) is 16.1 Å². The van der Waals surface area contributed by atoms with E-state index in [4.69, 9.17) is 4.74 Å². The van der Waals surface area contributed by atoms with Gasteiger partial charge in [0.15, 0.2) is 5.82 Å². The molecule has 2 aromatic heterocycles. The zero-order valence-electron chi connectivity index (χ0n) is 15.7. The van der Waals surface area contributed by atoms with Gasteiger partial charge in [-0.1, -0.05) is 18.9 Å². The monoisotopic (exact) mass is 373 g/mol. The normalized spacial score (nSPS) is 10.4. The largest absolute Gasteiger partial charge is 0.466 e. The van der Waals surface area contributed by atoms with Gasteiger partial charge in [-0.3, -0.25) is 4.79 Å². The van der Waals surface area contributed by atoms with Crippen molar-refractivity contribution in [1.82, 2.24) is 25.4 Å². The molecule has 2 amide bonds. The quantitative estimate of drug-likeness (QED) is 0.466. The number of esters is 1. The Hall–Kier alpha value is -2.90. The van der Waals surface area contributed by atoms with Crippen LogP contribution in [0.3, 0.4) is 0 Å². The van der Waals surface area contributed by atoms with Crippen LogP contribution in [0.25, 0.3) is 5.82 Å². The molecule has 0 aliphatic carbocycles. The zero-order chi connectivity index (χ0) is 19.3. The van der Waals surface area contributed by atoms with Crippen LogP contribution in [0.4, 0.5) is 4.79 Å². The predicted octanol–water partition coefficient (Wildman–Crippen LogP) is 2.58. The number of ether oxygens (including phenoxy) is 1. The van der Waals surface area contributed by atoms with Crippen LogP contribution in [0.1, 0.15) is 44.6 Å². The number of unbranched alkanes of at least 4 members (excludes halogenated alkanes) is 3. The Labute approximate surface area is 159 Å². The SMILES string of the molecule is CCOC(=O)CCCCCCNC(=O)NCc1cccnc1-n1cccn1.